The number of aliphatic hydroxyl groups excluding tert-OH is 1. The van der Waals surface area contributed by atoms with Crippen molar-refractivity contribution in [1.29, 1.82) is 0 Å². The summed E-state index contributed by atoms with van der Waals surface area (Å²) in [4.78, 5) is 72.3. The fourth-order valence-electron chi connectivity index (χ4n) is 10.2. The van der Waals surface area contributed by atoms with Crippen molar-refractivity contribution in [2.75, 3.05) is 39.6 Å². The predicted molar refractivity (Wildman–Crippen MR) is 349 cm³/mol. The van der Waals surface area contributed by atoms with Crippen molar-refractivity contribution in [2.45, 2.75) is 356 Å². The topological polar surface area (TPSA) is 237 Å². The summed E-state index contributed by atoms with van der Waals surface area (Å²) in [5, 5.41) is 10.6. The van der Waals surface area contributed by atoms with E-state index < -0.39 is 97.5 Å². The van der Waals surface area contributed by atoms with E-state index in [-0.39, 0.29) is 25.7 Å². The molecule has 0 spiro atoms. The number of hydrogen-bond donors (Lipinski definition) is 3. The molecule has 0 heterocycles. The first-order chi connectivity index (χ1) is 41.8. The molecule has 0 rings (SSSR count). The molecule has 0 saturated heterocycles. The summed E-state index contributed by atoms with van der Waals surface area (Å²) in [5.41, 5.74) is 0. The van der Waals surface area contributed by atoms with Crippen molar-refractivity contribution in [3.8, 4) is 0 Å². The molecule has 0 aliphatic heterocycles. The predicted octanol–water partition coefficient (Wildman–Crippen LogP) is 19.1. The maximum atomic E-state index is 13.0. The molecule has 87 heavy (non-hydrogen) atoms. The first kappa shape index (κ1) is 85.1. The van der Waals surface area contributed by atoms with Crippen LogP contribution in [0.25, 0.3) is 0 Å². The summed E-state index contributed by atoms with van der Waals surface area (Å²) in [6.45, 7) is 11.8. The first-order valence-corrected chi connectivity index (χ1v) is 38.4. The Kier molecular flexibility index (Phi) is 57.8. The standard InChI is InChI=1S/C68H132O17P2/c1-8-10-11-12-25-35-42-49-65(70)78-55-63(85-68(73)52-45-38-31-24-23-28-34-41-48-61(7)9-2)57-82-86(74,75)80-53-62(69)54-81-87(76,77)83-58-64(56-79-66(71)50-43-36-29-22-18-20-27-33-40-47-60(5)6)84-67(72)51-44-37-30-21-17-15-13-14-16-19-26-32-39-46-59(3)4/h59-64,69H,8-58H2,1-7H3,(H,74,75)(H,76,77)/t61?,62-,63+,64+/m0/s1. The third-order valence-electron chi connectivity index (χ3n) is 16.0. The molecule has 0 saturated carbocycles. The number of hydrogen-bond acceptors (Lipinski definition) is 15. The molecule has 3 N–H and O–H groups in total. The number of esters is 4. The molecular formula is C68H132O17P2. The van der Waals surface area contributed by atoms with Crippen LogP contribution in [0.15, 0.2) is 0 Å². The molecule has 6 atom stereocenters. The normalized spacial score (nSPS) is 14.6. The van der Waals surface area contributed by atoms with Gasteiger partial charge in [-0.2, -0.15) is 0 Å². The Morgan fingerprint density at radius 3 is 0.874 bits per heavy atom. The molecule has 0 amide bonds. The number of carbonyl (C=O) groups excluding carboxylic acids is 4. The third-order valence-corrected chi connectivity index (χ3v) is 17.9. The van der Waals surface area contributed by atoms with Gasteiger partial charge in [-0.15, -0.1) is 0 Å². The van der Waals surface area contributed by atoms with Gasteiger partial charge in [0.2, 0.25) is 0 Å². The zero-order valence-electron chi connectivity index (χ0n) is 56.5. The molecule has 17 nitrogen and oxygen atoms in total. The quantitative estimate of drug-likeness (QED) is 0.0222. The minimum atomic E-state index is -4.95. The van der Waals surface area contributed by atoms with Crippen LogP contribution in [0.2, 0.25) is 0 Å². The van der Waals surface area contributed by atoms with Crippen molar-refractivity contribution in [2.24, 2.45) is 17.8 Å². The van der Waals surface area contributed by atoms with Gasteiger partial charge in [0.1, 0.15) is 19.3 Å². The van der Waals surface area contributed by atoms with Crippen LogP contribution in [0.1, 0.15) is 337 Å². The summed E-state index contributed by atoms with van der Waals surface area (Å²) in [7, 11) is -9.89. The highest BCUT2D eigenvalue weighted by atomic mass is 31.2. The van der Waals surface area contributed by atoms with Crippen LogP contribution in [-0.4, -0.2) is 96.7 Å². The highest BCUT2D eigenvalue weighted by Gasteiger charge is 2.30. The van der Waals surface area contributed by atoms with E-state index in [2.05, 4.69) is 48.5 Å². The lowest BCUT2D eigenvalue weighted by Crippen LogP contribution is -2.30. The maximum absolute atomic E-state index is 13.0. The number of ether oxygens (including phenoxy) is 4. The molecule has 0 aromatic carbocycles. The smallest absolute Gasteiger partial charge is 0.462 e. The van der Waals surface area contributed by atoms with Gasteiger partial charge in [-0.1, -0.05) is 286 Å². The number of carbonyl (C=O) groups is 4. The number of rotatable bonds is 66. The molecule has 0 aliphatic rings. The Morgan fingerprint density at radius 1 is 0.333 bits per heavy atom. The highest BCUT2D eigenvalue weighted by Crippen LogP contribution is 2.45. The molecule has 0 fully saturated rings. The molecule has 0 bridgehead atoms. The third kappa shape index (κ3) is 61.3. The largest absolute Gasteiger partial charge is 0.472 e. The molecule has 3 unspecified atom stereocenters. The fourth-order valence-corrected chi connectivity index (χ4v) is 11.7. The van der Waals surface area contributed by atoms with Crippen LogP contribution in [0.4, 0.5) is 0 Å². The van der Waals surface area contributed by atoms with Gasteiger partial charge in [0.15, 0.2) is 12.2 Å². The zero-order chi connectivity index (χ0) is 64.5. The van der Waals surface area contributed by atoms with Crippen molar-refractivity contribution in [1.82, 2.24) is 0 Å². The molecule has 0 aromatic rings. The van der Waals surface area contributed by atoms with Crippen molar-refractivity contribution in [3.63, 3.8) is 0 Å². The monoisotopic (exact) mass is 1280 g/mol. The van der Waals surface area contributed by atoms with E-state index >= 15 is 0 Å². The molecule has 0 aliphatic carbocycles. The van der Waals surface area contributed by atoms with Gasteiger partial charge in [0.05, 0.1) is 26.4 Å². The second kappa shape index (κ2) is 59.1. The van der Waals surface area contributed by atoms with Gasteiger partial charge < -0.3 is 33.8 Å². The van der Waals surface area contributed by atoms with Crippen LogP contribution in [0.3, 0.4) is 0 Å². The number of aliphatic hydroxyl groups is 1. The van der Waals surface area contributed by atoms with Crippen LogP contribution in [-0.2, 0) is 65.4 Å². The van der Waals surface area contributed by atoms with Crippen LogP contribution in [0, 0.1) is 17.8 Å². The second-order valence-corrected chi connectivity index (χ2v) is 28.7. The van der Waals surface area contributed by atoms with Crippen LogP contribution in [0.5, 0.6) is 0 Å². The van der Waals surface area contributed by atoms with Gasteiger partial charge in [0.25, 0.3) is 0 Å². The highest BCUT2D eigenvalue weighted by molar-refractivity contribution is 7.47. The zero-order valence-corrected chi connectivity index (χ0v) is 58.3. The van der Waals surface area contributed by atoms with Crippen LogP contribution >= 0.6 is 15.6 Å². The van der Waals surface area contributed by atoms with Gasteiger partial charge >= 0.3 is 39.5 Å². The molecule has 0 radical (unpaired) electrons. The lowest BCUT2D eigenvalue weighted by molar-refractivity contribution is -0.161. The second-order valence-electron chi connectivity index (χ2n) is 25.8. The average molecular weight is 1280 g/mol. The molecule has 0 aromatic heterocycles. The molecular weight excluding hydrogens is 1150 g/mol. The Bertz CT molecular complexity index is 1720. The first-order valence-electron chi connectivity index (χ1n) is 35.4. The fraction of sp³-hybridized carbons (Fsp3) is 0.941. The Balaban J connectivity index is 5.22. The average Bonchev–Trinajstić information content (AvgIpc) is 3.54. The maximum Gasteiger partial charge on any atom is 0.472 e. The molecule has 516 valence electrons. The summed E-state index contributed by atoms with van der Waals surface area (Å²) in [5.74, 6) is 0.166. The van der Waals surface area contributed by atoms with E-state index in [1.165, 1.54) is 135 Å². The Morgan fingerprint density at radius 2 is 0.586 bits per heavy atom. The Hall–Kier alpha value is -1.94. The summed E-state index contributed by atoms with van der Waals surface area (Å²) in [6.07, 6.45) is 41.7. The van der Waals surface area contributed by atoms with Crippen molar-refractivity contribution >= 4 is 39.5 Å². The van der Waals surface area contributed by atoms with Crippen molar-refractivity contribution < 1.29 is 80.2 Å². The van der Waals surface area contributed by atoms with E-state index in [0.717, 1.165) is 120 Å². The van der Waals surface area contributed by atoms with Gasteiger partial charge in [0, 0.05) is 25.7 Å². The summed E-state index contributed by atoms with van der Waals surface area (Å²) >= 11 is 0. The van der Waals surface area contributed by atoms with Gasteiger partial charge in [-0.25, -0.2) is 9.13 Å². The van der Waals surface area contributed by atoms with Gasteiger partial charge in [-0.05, 0) is 43.4 Å². The minimum Gasteiger partial charge on any atom is -0.462 e. The summed E-state index contributed by atoms with van der Waals surface area (Å²) < 4.78 is 68.1. The lowest BCUT2D eigenvalue weighted by Gasteiger charge is -2.21. The summed E-state index contributed by atoms with van der Waals surface area (Å²) in [6, 6.07) is 0. The van der Waals surface area contributed by atoms with E-state index in [0.29, 0.717) is 25.7 Å². The number of phosphoric acid groups is 2. The Labute approximate surface area is 530 Å². The van der Waals surface area contributed by atoms with Crippen molar-refractivity contribution in [3.05, 3.63) is 0 Å². The van der Waals surface area contributed by atoms with E-state index in [4.69, 9.17) is 37.0 Å². The number of unbranched alkanes of at least 4 members (excludes halogenated alkanes) is 33. The van der Waals surface area contributed by atoms with E-state index in [1.54, 1.807) is 0 Å². The SMILES string of the molecule is CCCCCCCCCC(=O)OC[C@H](COP(=O)(O)OC[C@H](O)COP(=O)(O)OC[C@@H](COC(=O)CCCCCCCCCCCC(C)C)OC(=O)CCCCCCCCCCCCCCCC(C)C)OC(=O)CCCCCCCCCCC(C)CC. The van der Waals surface area contributed by atoms with Crippen LogP contribution < -0.4 is 0 Å². The minimum absolute atomic E-state index is 0.104. The molecule has 19 heteroatoms. The van der Waals surface area contributed by atoms with E-state index in [9.17, 15) is 43.2 Å². The van der Waals surface area contributed by atoms with Gasteiger partial charge in [-0.3, -0.25) is 37.3 Å². The number of phosphoric ester groups is 2. The van der Waals surface area contributed by atoms with E-state index in [1.807, 2.05) is 0 Å². The lowest BCUT2D eigenvalue weighted by atomic mass is 9.99.